The minimum Gasteiger partial charge on any atom is -0.365 e. The van der Waals surface area contributed by atoms with Gasteiger partial charge < -0.3 is 10.1 Å². The van der Waals surface area contributed by atoms with Crippen molar-refractivity contribution in [2.45, 2.75) is 6.04 Å². The SMILES string of the molecule is O=CC1CN=C(c2ccccc2Cl)c2cc(I)sc2N1. The number of nitrogens with zero attached hydrogens (tertiary/aromatic N) is 1. The van der Waals surface area contributed by atoms with E-state index in [1.807, 2.05) is 24.3 Å². The lowest BCUT2D eigenvalue weighted by molar-refractivity contribution is -0.108. The van der Waals surface area contributed by atoms with Gasteiger partial charge in [-0.2, -0.15) is 0 Å². The largest absolute Gasteiger partial charge is 0.365 e. The van der Waals surface area contributed by atoms with Crippen LogP contribution in [-0.2, 0) is 4.79 Å². The fourth-order valence-electron chi connectivity index (χ4n) is 2.09. The fraction of sp³-hybridized carbons (Fsp3) is 0.143. The zero-order valence-electron chi connectivity index (χ0n) is 10.3. The van der Waals surface area contributed by atoms with Crippen molar-refractivity contribution in [3.8, 4) is 0 Å². The Kier molecular flexibility index (Phi) is 4.09. The van der Waals surface area contributed by atoms with Crippen LogP contribution in [0.15, 0.2) is 35.3 Å². The number of hydrogen-bond donors (Lipinski definition) is 1. The van der Waals surface area contributed by atoms with E-state index in [9.17, 15) is 4.79 Å². The Morgan fingerprint density at radius 1 is 1.40 bits per heavy atom. The van der Waals surface area contributed by atoms with Crippen molar-refractivity contribution in [1.29, 1.82) is 0 Å². The molecule has 0 radical (unpaired) electrons. The molecule has 1 atom stereocenters. The molecule has 1 aliphatic rings. The van der Waals surface area contributed by atoms with Crippen LogP contribution in [0, 0.1) is 2.88 Å². The Hall–Kier alpha value is -0.920. The summed E-state index contributed by atoms with van der Waals surface area (Å²) in [6, 6.07) is 9.43. The minimum absolute atomic E-state index is 0.289. The number of aliphatic imine (C=N–C) groups is 1. The molecule has 20 heavy (non-hydrogen) atoms. The fourth-order valence-corrected chi connectivity index (χ4v) is 4.14. The summed E-state index contributed by atoms with van der Waals surface area (Å²) in [6.07, 6.45) is 0.898. The summed E-state index contributed by atoms with van der Waals surface area (Å²) in [5, 5.41) is 4.88. The topological polar surface area (TPSA) is 41.5 Å². The molecule has 0 saturated carbocycles. The maximum atomic E-state index is 11.1. The van der Waals surface area contributed by atoms with Crippen LogP contribution in [-0.4, -0.2) is 24.6 Å². The van der Waals surface area contributed by atoms with Crippen molar-refractivity contribution in [1.82, 2.24) is 0 Å². The summed E-state index contributed by atoms with van der Waals surface area (Å²) < 4.78 is 1.14. The average Bonchev–Trinajstić information content (AvgIpc) is 2.71. The Balaban J connectivity index is 2.16. The second kappa shape index (κ2) is 5.83. The predicted octanol–water partition coefficient (Wildman–Crippen LogP) is 3.84. The Morgan fingerprint density at radius 2 is 2.20 bits per heavy atom. The zero-order valence-corrected chi connectivity index (χ0v) is 14.0. The third-order valence-corrected chi connectivity index (χ3v) is 5.17. The summed E-state index contributed by atoms with van der Waals surface area (Å²) in [4.78, 5) is 15.7. The molecular formula is C14H10ClIN2OS. The molecule has 0 amide bonds. The lowest BCUT2D eigenvalue weighted by Gasteiger charge is -2.08. The van der Waals surface area contributed by atoms with Gasteiger partial charge in [-0.15, -0.1) is 11.3 Å². The summed E-state index contributed by atoms with van der Waals surface area (Å²) >= 11 is 10.2. The first-order valence-electron chi connectivity index (χ1n) is 6.00. The number of aldehydes is 1. The van der Waals surface area contributed by atoms with E-state index in [0.29, 0.717) is 11.6 Å². The van der Waals surface area contributed by atoms with Gasteiger partial charge in [-0.05, 0) is 34.7 Å². The van der Waals surface area contributed by atoms with E-state index in [4.69, 9.17) is 11.6 Å². The van der Waals surface area contributed by atoms with Crippen molar-refractivity contribution in [2.24, 2.45) is 4.99 Å². The zero-order chi connectivity index (χ0) is 14.1. The van der Waals surface area contributed by atoms with Gasteiger partial charge in [0.05, 0.1) is 20.1 Å². The number of nitrogens with one attached hydrogen (secondary N) is 1. The lowest BCUT2D eigenvalue weighted by atomic mass is 10.0. The van der Waals surface area contributed by atoms with Crippen LogP contribution in [0.4, 0.5) is 5.00 Å². The molecule has 0 bridgehead atoms. The summed E-state index contributed by atoms with van der Waals surface area (Å²) in [7, 11) is 0. The van der Waals surface area contributed by atoms with Gasteiger partial charge in [0, 0.05) is 16.1 Å². The first-order valence-corrected chi connectivity index (χ1v) is 8.27. The number of thiophene rings is 1. The van der Waals surface area contributed by atoms with Gasteiger partial charge >= 0.3 is 0 Å². The monoisotopic (exact) mass is 416 g/mol. The summed E-state index contributed by atoms with van der Waals surface area (Å²) in [5.41, 5.74) is 2.76. The smallest absolute Gasteiger partial charge is 0.144 e. The predicted molar refractivity (Wildman–Crippen MR) is 92.5 cm³/mol. The standard InChI is InChI=1S/C14H10ClIN2OS/c15-11-4-2-1-3-9(11)13-10-5-12(16)20-14(10)18-8(7-19)6-17-13/h1-5,7-8,18H,6H2. The first-order chi connectivity index (χ1) is 9.69. The van der Waals surface area contributed by atoms with Gasteiger partial charge in [-0.3, -0.25) is 4.99 Å². The molecule has 1 aromatic carbocycles. The molecule has 0 spiro atoms. The molecule has 2 aromatic rings. The van der Waals surface area contributed by atoms with Crippen LogP contribution in [0.1, 0.15) is 11.1 Å². The highest BCUT2D eigenvalue weighted by Crippen LogP contribution is 2.34. The molecule has 102 valence electrons. The number of hydrogen-bond acceptors (Lipinski definition) is 4. The maximum Gasteiger partial charge on any atom is 0.144 e. The molecule has 1 N–H and O–H groups in total. The Bertz CT molecular complexity index is 698. The number of fused-ring (bicyclic) bond motifs is 1. The van der Waals surface area contributed by atoms with Crippen LogP contribution in [0.5, 0.6) is 0 Å². The third kappa shape index (κ3) is 2.62. The number of carbonyl (C=O) groups excluding carboxylic acids is 1. The number of anilines is 1. The van der Waals surface area contributed by atoms with E-state index in [2.05, 4.69) is 39.0 Å². The molecule has 1 unspecified atom stereocenters. The van der Waals surface area contributed by atoms with Crippen LogP contribution >= 0.6 is 45.5 Å². The molecule has 2 heterocycles. The second-order valence-electron chi connectivity index (χ2n) is 4.35. The van der Waals surface area contributed by atoms with E-state index in [-0.39, 0.29) is 6.04 Å². The minimum atomic E-state index is -0.289. The van der Waals surface area contributed by atoms with E-state index in [1.54, 1.807) is 11.3 Å². The molecule has 0 fully saturated rings. The molecule has 3 rings (SSSR count). The maximum absolute atomic E-state index is 11.1. The molecule has 1 aliphatic heterocycles. The van der Waals surface area contributed by atoms with E-state index in [0.717, 1.165) is 31.0 Å². The van der Waals surface area contributed by atoms with Gasteiger partial charge in [-0.25, -0.2) is 0 Å². The van der Waals surface area contributed by atoms with Crippen molar-refractivity contribution in [2.75, 3.05) is 11.9 Å². The van der Waals surface area contributed by atoms with Crippen LogP contribution in [0.3, 0.4) is 0 Å². The molecule has 0 aliphatic carbocycles. The Morgan fingerprint density at radius 3 is 2.95 bits per heavy atom. The molecule has 0 saturated heterocycles. The van der Waals surface area contributed by atoms with Crippen molar-refractivity contribution < 1.29 is 4.79 Å². The van der Waals surface area contributed by atoms with Gasteiger partial charge in [0.25, 0.3) is 0 Å². The van der Waals surface area contributed by atoms with Crippen molar-refractivity contribution in [3.05, 3.63) is 49.4 Å². The number of rotatable bonds is 2. The second-order valence-corrected chi connectivity index (χ2v) is 7.70. The van der Waals surface area contributed by atoms with Crippen molar-refractivity contribution in [3.63, 3.8) is 0 Å². The lowest BCUT2D eigenvalue weighted by Crippen LogP contribution is -2.22. The summed E-state index contributed by atoms with van der Waals surface area (Å²) in [5.74, 6) is 0. The van der Waals surface area contributed by atoms with Crippen LogP contribution in [0.25, 0.3) is 0 Å². The van der Waals surface area contributed by atoms with E-state index >= 15 is 0 Å². The number of carbonyl (C=O) groups is 1. The molecular weight excluding hydrogens is 407 g/mol. The molecule has 1 aromatic heterocycles. The first kappa shape index (κ1) is 14.0. The van der Waals surface area contributed by atoms with E-state index in [1.165, 1.54) is 0 Å². The average molecular weight is 417 g/mol. The van der Waals surface area contributed by atoms with Gasteiger partial charge in [0.1, 0.15) is 12.3 Å². The van der Waals surface area contributed by atoms with Crippen LogP contribution in [0.2, 0.25) is 5.02 Å². The van der Waals surface area contributed by atoms with Crippen LogP contribution < -0.4 is 5.32 Å². The molecule has 6 heteroatoms. The van der Waals surface area contributed by atoms with Gasteiger partial charge in [0.2, 0.25) is 0 Å². The molecule has 3 nitrogen and oxygen atoms in total. The normalized spacial score (nSPS) is 17.7. The van der Waals surface area contributed by atoms with Gasteiger partial charge in [0.15, 0.2) is 0 Å². The summed E-state index contributed by atoms with van der Waals surface area (Å²) in [6.45, 7) is 0.419. The Labute approximate surface area is 139 Å². The van der Waals surface area contributed by atoms with Gasteiger partial charge in [-0.1, -0.05) is 29.8 Å². The highest BCUT2D eigenvalue weighted by molar-refractivity contribution is 14.1. The highest BCUT2D eigenvalue weighted by Gasteiger charge is 2.22. The number of halogens is 2. The van der Waals surface area contributed by atoms with Crippen molar-refractivity contribution >= 4 is 62.5 Å². The number of benzene rings is 1. The van der Waals surface area contributed by atoms with E-state index < -0.39 is 0 Å². The quantitative estimate of drug-likeness (QED) is 0.597. The highest BCUT2D eigenvalue weighted by atomic mass is 127. The third-order valence-electron chi connectivity index (χ3n) is 3.01.